The van der Waals surface area contributed by atoms with Crippen molar-refractivity contribution in [2.45, 2.75) is 0 Å². The van der Waals surface area contributed by atoms with E-state index in [-0.39, 0.29) is 5.33 Å². The number of carboxylic acid groups (broad SMARTS) is 1. The fourth-order valence-electron chi connectivity index (χ4n) is 0.478. The van der Waals surface area contributed by atoms with Crippen molar-refractivity contribution < 1.29 is 15.6 Å². The smallest absolute Gasteiger partial charge is 0.127 e. The van der Waals surface area contributed by atoms with Crippen LogP contribution in [0.3, 0.4) is 0 Å². The number of aliphatic carboxylic acids is 1. The average Bonchev–Trinajstić information content (AvgIpc) is 2.07. The summed E-state index contributed by atoms with van der Waals surface area (Å²) < 4.78 is 0. The Balaban J connectivity index is 0.000000217. The van der Waals surface area contributed by atoms with Gasteiger partial charge in [0.1, 0.15) is 5.69 Å². The summed E-state index contributed by atoms with van der Waals surface area (Å²) in [6.07, 6.45) is 0. The van der Waals surface area contributed by atoms with Crippen molar-refractivity contribution in [2.75, 3.05) is 5.33 Å². The minimum Gasteiger partial charge on any atom is -0.549 e. The van der Waals surface area contributed by atoms with Crippen molar-refractivity contribution in [3.63, 3.8) is 0 Å². The zero-order valence-corrected chi connectivity index (χ0v) is 8.08. The maximum Gasteiger partial charge on any atom is 0.127 e. The van der Waals surface area contributed by atoms with E-state index >= 15 is 0 Å². The van der Waals surface area contributed by atoms with Crippen LogP contribution in [0.5, 0.6) is 0 Å². The summed E-state index contributed by atoms with van der Waals surface area (Å²) in [6, 6.07) is 9.87. The van der Waals surface area contributed by atoms with Crippen LogP contribution in [0, 0.1) is 0 Å². The van der Waals surface area contributed by atoms with E-state index < -0.39 is 5.97 Å². The summed E-state index contributed by atoms with van der Waals surface area (Å²) in [4.78, 5) is 9.21. The largest absolute Gasteiger partial charge is 0.549 e. The maximum atomic E-state index is 9.21. The topological polar surface area (TPSA) is 67.8 Å². The van der Waals surface area contributed by atoms with Crippen molar-refractivity contribution in [3.05, 3.63) is 30.3 Å². The predicted octanol–water partition coefficient (Wildman–Crippen LogP) is -0.309. The van der Waals surface area contributed by atoms with Crippen molar-refractivity contribution in [1.29, 1.82) is 0 Å². The van der Waals surface area contributed by atoms with Gasteiger partial charge in [-0.05, 0) is 12.1 Å². The molecule has 0 aliphatic rings. The molecule has 0 bridgehead atoms. The van der Waals surface area contributed by atoms with E-state index in [4.69, 9.17) is 0 Å². The highest BCUT2D eigenvalue weighted by Crippen LogP contribution is 1.93. The van der Waals surface area contributed by atoms with Crippen molar-refractivity contribution >= 4 is 27.6 Å². The number of carbonyl (C=O) groups excluding carboxylic acids is 1. The van der Waals surface area contributed by atoms with Gasteiger partial charge in [-0.25, -0.2) is 0 Å². The van der Waals surface area contributed by atoms with Crippen molar-refractivity contribution in [2.24, 2.45) is 0 Å². The van der Waals surface area contributed by atoms with E-state index in [1.54, 1.807) is 0 Å². The Morgan fingerprint density at radius 1 is 1.42 bits per heavy atom. The Labute approximate surface area is 79.3 Å². The second-order valence-electron chi connectivity index (χ2n) is 1.99. The molecule has 0 radical (unpaired) electrons. The number of rotatable bonds is 1. The van der Waals surface area contributed by atoms with E-state index in [9.17, 15) is 9.90 Å². The molecule has 1 aromatic carbocycles. The number of carbonyl (C=O) groups is 1. The van der Waals surface area contributed by atoms with Crippen molar-refractivity contribution in [3.8, 4) is 0 Å². The zero-order valence-electron chi connectivity index (χ0n) is 6.50. The summed E-state index contributed by atoms with van der Waals surface area (Å²) in [7, 11) is 0. The lowest BCUT2D eigenvalue weighted by Gasteiger charge is -1.85. The molecule has 1 aromatic rings. The quantitative estimate of drug-likeness (QED) is 0.675. The van der Waals surface area contributed by atoms with Crippen LogP contribution in [0.4, 0.5) is 5.69 Å². The van der Waals surface area contributed by atoms with Crippen LogP contribution < -0.4 is 10.8 Å². The summed E-state index contributed by atoms with van der Waals surface area (Å²) in [5.74, 6) is -1.08. The summed E-state index contributed by atoms with van der Waals surface area (Å²) >= 11 is 2.65. The molecule has 0 heterocycles. The Morgan fingerprint density at radius 2 is 1.83 bits per heavy atom. The Hall–Kier alpha value is -0.870. The van der Waals surface area contributed by atoms with Crippen LogP contribution in [0.15, 0.2) is 30.3 Å². The van der Waals surface area contributed by atoms with Gasteiger partial charge in [-0.15, -0.1) is 0 Å². The number of benzene rings is 1. The molecule has 3 N–H and O–H groups in total. The zero-order chi connectivity index (χ0) is 9.40. The standard InChI is InChI=1S/C6H7N.C2H3BrO2/c7-6-4-2-1-3-5-6;3-1-2(4)5/h1-5H,7H2;1H2,(H,4,5). The average molecular weight is 232 g/mol. The van der Waals surface area contributed by atoms with Gasteiger partial charge in [0.15, 0.2) is 0 Å². The van der Waals surface area contributed by atoms with Gasteiger partial charge in [0, 0.05) is 5.33 Å². The molecule has 4 heteroatoms. The summed E-state index contributed by atoms with van der Waals surface area (Å²) in [5.41, 5.74) is 4.79. The van der Waals surface area contributed by atoms with Gasteiger partial charge in [-0.2, -0.15) is 0 Å². The highest BCUT2D eigenvalue weighted by molar-refractivity contribution is 9.09. The Bertz CT molecular complexity index is 226. The predicted molar refractivity (Wildman–Crippen MR) is 47.8 cm³/mol. The number of hydrogen-bond acceptors (Lipinski definition) is 2. The van der Waals surface area contributed by atoms with Crippen LogP contribution in [-0.4, -0.2) is 11.3 Å². The molecule has 66 valence electrons. The van der Waals surface area contributed by atoms with Crippen LogP contribution in [-0.2, 0) is 4.79 Å². The molecule has 0 saturated heterocycles. The van der Waals surface area contributed by atoms with Crippen molar-refractivity contribution in [1.82, 2.24) is 0 Å². The SMILES string of the molecule is O=C([O-])CBr.[NH3+]c1ccccc1. The van der Waals surface area contributed by atoms with Gasteiger partial charge < -0.3 is 15.6 Å². The minimum atomic E-state index is -1.08. The van der Waals surface area contributed by atoms with Gasteiger partial charge >= 0.3 is 0 Å². The monoisotopic (exact) mass is 231 g/mol. The molecule has 1 rings (SSSR count). The molecule has 0 amide bonds. The molecule has 12 heavy (non-hydrogen) atoms. The van der Waals surface area contributed by atoms with E-state index in [0.717, 1.165) is 5.69 Å². The molecular formula is C8H10BrNO2. The molecule has 0 fully saturated rings. The first kappa shape index (κ1) is 11.1. The van der Waals surface area contributed by atoms with E-state index in [1.807, 2.05) is 30.3 Å². The van der Waals surface area contributed by atoms with Gasteiger partial charge in [-0.3, -0.25) is 0 Å². The fraction of sp³-hybridized carbons (Fsp3) is 0.125. The maximum absolute atomic E-state index is 9.21. The van der Waals surface area contributed by atoms with Crippen LogP contribution in [0.1, 0.15) is 0 Å². The molecule has 0 atom stereocenters. The highest BCUT2D eigenvalue weighted by atomic mass is 79.9. The molecule has 3 nitrogen and oxygen atoms in total. The summed E-state index contributed by atoms with van der Waals surface area (Å²) in [6.45, 7) is 0. The van der Waals surface area contributed by atoms with Crippen LogP contribution in [0.25, 0.3) is 0 Å². The molecule has 0 unspecified atom stereocenters. The highest BCUT2D eigenvalue weighted by Gasteiger charge is 1.77. The lowest BCUT2D eigenvalue weighted by molar-refractivity contribution is -0.301. The van der Waals surface area contributed by atoms with Gasteiger partial charge in [0.2, 0.25) is 0 Å². The third-order valence-electron chi connectivity index (χ3n) is 0.952. The molecule has 0 aromatic heterocycles. The molecule has 0 aliphatic carbocycles. The second-order valence-corrected chi connectivity index (χ2v) is 2.55. The van der Waals surface area contributed by atoms with Crippen LogP contribution in [0.2, 0.25) is 0 Å². The minimum absolute atomic E-state index is 0.0764. The summed E-state index contributed by atoms with van der Waals surface area (Å²) in [5, 5.41) is 9.13. The lowest BCUT2D eigenvalue weighted by Crippen LogP contribution is -2.39. The van der Waals surface area contributed by atoms with Gasteiger partial charge in [-0.1, -0.05) is 34.1 Å². The first-order valence-electron chi connectivity index (χ1n) is 3.29. The molecular weight excluding hydrogens is 222 g/mol. The van der Waals surface area contributed by atoms with Crippen LogP contribution >= 0.6 is 15.9 Å². The number of carboxylic acids is 1. The number of alkyl halides is 1. The third-order valence-corrected chi connectivity index (χ3v) is 1.41. The second kappa shape index (κ2) is 6.82. The first-order chi connectivity index (χ1) is 5.66. The molecule has 0 aliphatic heterocycles. The number of quaternary nitrogens is 1. The number of hydrogen-bond donors (Lipinski definition) is 1. The molecule has 0 saturated carbocycles. The van der Waals surface area contributed by atoms with Gasteiger partial charge in [0.25, 0.3) is 0 Å². The normalized spacial score (nSPS) is 8.17. The first-order valence-corrected chi connectivity index (χ1v) is 4.41. The Kier molecular flexibility index (Phi) is 6.32. The molecule has 0 spiro atoms. The van der Waals surface area contributed by atoms with Gasteiger partial charge in [0.05, 0.1) is 5.97 Å². The fourth-order valence-corrected chi connectivity index (χ4v) is 0.478. The number of halogens is 1. The lowest BCUT2D eigenvalue weighted by atomic mass is 10.3. The van der Waals surface area contributed by atoms with E-state index in [0.29, 0.717) is 0 Å². The third kappa shape index (κ3) is 7.24. The van der Waals surface area contributed by atoms with E-state index in [2.05, 4.69) is 21.7 Å². The van der Waals surface area contributed by atoms with E-state index in [1.165, 1.54) is 0 Å². The Morgan fingerprint density at radius 3 is 2.00 bits per heavy atom.